The maximum atomic E-state index is 13.1. The van der Waals surface area contributed by atoms with Crippen LogP contribution < -0.4 is 10.1 Å². The second-order valence-corrected chi connectivity index (χ2v) is 11.7. The minimum absolute atomic E-state index is 0.0497. The third-order valence-electron chi connectivity index (χ3n) is 6.99. The first-order chi connectivity index (χ1) is 17.9. The number of nitrogens with one attached hydrogen (secondary N) is 1. The van der Waals surface area contributed by atoms with Gasteiger partial charge in [0, 0.05) is 56.4 Å². The summed E-state index contributed by atoms with van der Waals surface area (Å²) < 4.78 is 5.69. The number of carbonyl (C=O) groups is 3. The van der Waals surface area contributed by atoms with Crippen molar-refractivity contribution in [3.05, 3.63) is 57.7 Å². The summed E-state index contributed by atoms with van der Waals surface area (Å²) in [6.07, 6.45) is 1.02. The summed E-state index contributed by atoms with van der Waals surface area (Å²) in [5, 5.41) is 12.8. The molecule has 9 nitrogen and oxygen atoms in total. The number of amides is 2. The zero-order chi connectivity index (χ0) is 27.7. The average Bonchev–Trinajstić information content (AvgIpc) is 2.82. The first kappa shape index (κ1) is 28.1. The Hall–Kier alpha value is -2.88. The summed E-state index contributed by atoms with van der Waals surface area (Å²) in [7, 11) is 0. The lowest BCUT2D eigenvalue weighted by Gasteiger charge is -2.61. The van der Waals surface area contributed by atoms with Crippen molar-refractivity contribution in [2.24, 2.45) is 10.8 Å². The lowest BCUT2D eigenvalue weighted by molar-refractivity contribution is -0.153. The molecule has 2 amide bonds. The zero-order valence-corrected chi connectivity index (χ0v) is 23.2. The second-order valence-electron chi connectivity index (χ2n) is 10.9. The van der Waals surface area contributed by atoms with Crippen LogP contribution in [0.4, 0.5) is 0 Å². The number of carboxylic acid groups (broad SMARTS) is 1. The Balaban J connectivity index is 1.27. The molecule has 2 N–H and O–H groups in total. The van der Waals surface area contributed by atoms with E-state index in [1.165, 1.54) is 12.3 Å². The van der Waals surface area contributed by atoms with E-state index in [0.29, 0.717) is 36.6 Å². The normalized spacial score (nSPS) is 17.3. The van der Waals surface area contributed by atoms with E-state index in [1.54, 1.807) is 32.0 Å². The van der Waals surface area contributed by atoms with Gasteiger partial charge in [0.25, 0.3) is 11.8 Å². The summed E-state index contributed by atoms with van der Waals surface area (Å²) in [6, 6.07) is 8.71. The Morgan fingerprint density at radius 1 is 1.18 bits per heavy atom. The van der Waals surface area contributed by atoms with Gasteiger partial charge in [-0.3, -0.25) is 14.4 Å². The molecule has 4 rings (SSSR count). The fourth-order valence-corrected chi connectivity index (χ4v) is 5.42. The molecule has 2 aliphatic heterocycles. The lowest BCUT2D eigenvalue weighted by Crippen LogP contribution is -2.73. The first-order valence-electron chi connectivity index (χ1n) is 12.5. The molecule has 1 spiro atoms. The van der Waals surface area contributed by atoms with E-state index in [4.69, 9.17) is 27.9 Å². The fraction of sp³-hybridized carbons (Fsp3) is 0.481. The number of carbonyl (C=O) groups excluding carboxylic acids is 2. The zero-order valence-electron chi connectivity index (χ0n) is 21.7. The molecule has 2 fully saturated rings. The Bertz CT molecular complexity index is 1220. The predicted octanol–water partition coefficient (Wildman–Crippen LogP) is 3.73. The van der Waals surface area contributed by atoms with Gasteiger partial charge in [-0.25, -0.2) is 4.98 Å². The second kappa shape index (κ2) is 11.1. The highest BCUT2D eigenvalue weighted by Crippen LogP contribution is 2.41. The van der Waals surface area contributed by atoms with Crippen LogP contribution in [0.3, 0.4) is 0 Å². The van der Waals surface area contributed by atoms with Gasteiger partial charge in [-0.2, -0.15) is 0 Å². The van der Waals surface area contributed by atoms with Gasteiger partial charge in [0.15, 0.2) is 6.10 Å². The molecular weight excluding hydrogens is 531 g/mol. The number of likely N-dealkylation sites (tertiary alicyclic amines) is 2. The van der Waals surface area contributed by atoms with Gasteiger partial charge in [-0.05, 0) is 44.0 Å². The Labute approximate surface area is 232 Å². The van der Waals surface area contributed by atoms with E-state index in [2.05, 4.69) is 15.2 Å². The first-order valence-corrected chi connectivity index (χ1v) is 13.3. The quantitative estimate of drug-likeness (QED) is 0.453. The molecule has 2 aliphatic rings. The van der Waals surface area contributed by atoms with Crippen molar-refractivity contribution in [3.63, 3.8) is 0 Å². The minimum Gasteiger partial charge on any atom is -0.481 e. The standard InChI is InChI=1S/C27H32Cl2N4O5/c1-4-21(38-23-20(29)9-19(28)11-31-23)22(34)30-10-17-6-5-7-18(8-17)24(35)33-15-27(16-33)13-32(14-27)12-26(2,3)25(36)37/h5-9,11,21H,4,10,12-16H2,1-3H3,(H,30,34)(H,36,37). The van der Waals surface area contributed by atoms with Crippen LogP contribution in [-0.4, -0.2) is 76.5 Å². The largest absolute Gasteiger partial charge is 0.481 e. The molecule has 2 aromatic rings. The van der Waals surface area contributed by atoms with Crippen molar-refractivity contribution in [2.45, 2.75) is 39.8 Å². The van der Waals surface area contributed by atoms with E-state index in [9.17, 15) is 19.5 Å². The van der Waals surface area contributed by atoms with Gasteiger partial charge in [-0.15, -0.1) is 0 Å². The van der Waals surface area contributed by atoms with Gasteiger partial charge >= 0.3 is 5.97 Å². The van der Waals surface area contributed by atoms with Crippen LogP contribution >= 0.6 is 23.2 Å². The van der Waals surface area contributed by atoms with Gasteiger partial charge in [0.2, 0.25) is 5.88 Å². The van der Waals surface area contributed by atoms with Gasteiger partial charge in [0.1, 0.15) is 5.02 Å². The summed E-state index contributed by atoms with van der Waals surface area (Å²) in [5.41, 5.74) is 0.630. The molecule has 0 bridgehead atoms. The number of nitrogens with zero attached hydrogens (tertiary/aromatic N) is 3. The minimum atomic E-state index is -0.805. The van der Waals surface area contributed by atoms with E-state index < -0.39 is 17.5 Å². The highest BCUT2D eigenvalue weighted by molar-refractivity contribution is 6.35. The van der Waals surface area contributed by atoms with Crippen LogP contribution in [0.1, 0.15) is 43.1 Å². The third kappa shape index (κ3) is 6.22. The Kier molecular flexibility index (Phi) is 8.20. The molecule has 1 aromatic heterocycles. The van der Waals surface area contributed by atoms with Crippen molar-refractivity contribution in [3.8, 4) is 5.88 Å². The maximum Gasteiger partial charge on any atom is 0.310 e. The molecule has 1 aromatic carbocycles. The number of ether oxygens (including phenoxy) is 1. The van der Waals surface area contributed by atoms with Gasteiger partial charge in [0.05, 0.1) is 10.4 Å². The van der Waals surface area contributed by atoms with Gasteiger partial charge in [-0.1, -0.05) is 42.3 Å². The Morgan fingerprint density at radius 3 is 2.53 bits per heavy atom. The van der Waals surface area contributed by atoms with Crippen LogP contribution in [0, 0.1) is 10.8 Å². The molecule has 38 heavy (non-hydrogen) atoms. The lowest BCUT2D eigenvalue weighted by atomic mass is 9.71. The topological polar surface area (TPSA) is 112 Å². The predicted molar refractivity (Wildman–Crippen MR) is 143 cm³/mol. The number of aliphatic carboxylic acids is 1. The summed E-state index contributed by atoms with van der Waals surface area (Å²) in [5.74, 6) is -1.03. The molecule has 0 radical (unpaired) electrons. The maximum absolute atomic E-state index is 13.1. The fourth-order valence-electron chi connectivity index (χ4n) is 4.99. The van der Waals surface area contributed by atoms with Crippen LogP contribution in [0.2, 0.25) is 10.0 Å². The summed E-state index contributed by atoms with van der Waals surface area (Å²) in [4.78, 5) is 45.2. The van der Waals surface area contributed by atoms with Crippen molar-refractivity contribution < 1.29 is 24.2 Å². The average molecular weight is 563 g/mol. The number of rotatable bonds is 10. The summed E-state index contributed by atoms with van der Waals surface area (Å²) in [6.45, 7) is 8.94. The molecule has 0 saturated carbocycles. The van der Waals surface area contributed by atoms with Gasteiger partial charge < -0.3 is 25.0 Å². The smallest absolute Gasteiger partial charge is 0.310 e. The van der Waals surface area contributed by atoms with Crippen LogP contribution in [0.5, 0.6) is 5.88 Å². The number of halogens is 2. The highest BCUT2D eigenvalue weighted by atomic mass is 35.5. The van der Waals surface area contributed by atoms with E-state index in [-0.39, 0.29) is 34.7 Å². The molecule has 11 heteroatoms. The van der Waals surface area contributed by atoms with Crippen molar-refractivity contribution >= 4 is 41.0 Å². The molecular formula is C27H32Cl2N4O5. The summed E-state index contributed by atoms with van der Waals surface area (Å²) >= 11 is 12.0. The molecule has 2 saturated heterocycles. The van der Waals surface area contributed by atoms with E-state index >= 15 is 0 Å². The van der Waals surface area contributed by atoms with Crippen molar-refractivity contribution in [1.82, 2.24) is 20.1 Å². The molecule has 1 atom stereocenters. The molecule has 204 valence electrons. The number of hydrogen-bond donors (Lipinski definition) is 2. The Morgan fingerprint density at radius 2 is 1.89 bits per heavy atom. The molecule has 0 aliphatic carbocycles. The van der Waals surface area contributed by atoms with Crippen molar-refractivity contribution in [1.29, 1.82) is 0 Å². The number of benzene rings is 1. The van der Waals surface area contributed by atoms with Crippen LogP contribution in [0.15, 0.2) is 36.5 Å². The van der Waals surface area contributed by atoms with E-state index in [0.717, 1.165) is 18.7 Å². The molecule has 1 unspecified atom stereocenters. The monoisotopic (exact) mass is 562 g/mol. The highest BCUT2D eigenvalue weighted by Gasteiger charge is 2.54. The van der Waals surface area contributed by atoms with Crippen LogP contribution in [0.25, 0.3) is 0 Å². The third-order valence-corrected chi connectivity index (χ3v) is 7.46. The number of pyridine rings is 1. The number of hydrogen-bond acceptors (Lipinski definition) is 6. The number of aromatic nitrogens is 1. The van der Waals surface area contributed by atoms with E-state index in [1.807, 2.05) is 17.9 Å². The number of carboxylic acids is 1. The SMILES string of the molecule is CCC(Oc1ncc(Cl)cc1Cl)C(=O)NCc1cccc(C(=O)N2CC3(CN(CC(C)(C)C(=O)O)C3)C2)c1. The molecule has 3 heterocycles. The van der Waals surface area contributed by atoms with Crippen molar-refractivity contribution in [2.75, 3.05) is 32.7 Å². The van der Waals surface area contributed by atoms with Crippen LogP contribution in [-0.2, 0) is 16.1 Å².